The molecular formula is C13H12BrN3S. The van der Waals surface area contributed by atoms with E-state index < -0.39 is 0 Å². The van der Waals surface area contributed by atoms with E-state index in [1.54, 1.807) is 0 Å². The highest BCUT2D eigenvalue weighted by Crippen LogP contribution is 2.32. The van der Waals surface area contributed by atoms with Crippen LogP contribution in [0.1, 0.15) is 18.2 Å². The van der Waals surface area contributed by atoms with Crippen LogP contribution in [0.3, 0.4) is 0 Å². The minimum atomic E-state index is -0.324. The third kappa shape index (κ3) is 1.78. The zero-order valence-corrected chi connectivity index (χ0v) is 12.3. The molecular weight excluding hydrogens is 310 g/mol. The fourth-order valence-electron chi connectivity index (χ4n) is 2.42. The molecule has 92 valence electrons. The second kappa shape index (κ2) is 4.17. The van der Waals surface area contributed by atoms with Gasteiger partial charge in [0.2, 0.25) is 0 Å². The van der Waals surface area contributed by atoms with E-state index >= 15 is 0 Å². The Kier molecular flexibility index (Phi) is 2.75. The van der Waals surface area contributed by atoms with Gasteiger partial charge in [-0.15, -0.1) is 0 Å². The fourth-order valence-corrected chi connectivity index (χ4v) is 3.15. The lowest BCUT2D eigenvalue weighted by Crippen LogP contribution is -2.50. The molecule has 0 bridgehead atoms. The molecule has 5 heteroatoms. The van der Waals surface area contributed by atoms with E-state index in [-0.39, 0.29) is 5.54 Å². The molecule has 1 atom stereocenters. The third-order valence-corrected chi connectivity index (χ3v) is 4.04. The molecule has 1 unspecified atom stereocenters. The highest BCUT2D eigenvalue weighted by molar-refractivity contribution is 9.10. The number of hydrogen-bond donors (Lipinski definition) is 1. The van der Waals surface area contributed by atoms with Gasteiger partial charge in [-0.1, -0.05) is 40.3 Å². The van der Waals surface area contributed by atoms with Gasteiger partial charge in [-0.2, -0.15) is 5.10 Å². The lowest BCUT2D eigenvalue weighted by molar-refractivity contribution is 0.440. The first-order chi connectivity index (χ1) is 8.59. The first kappa shape index (κ1) is 11.9. The molecule has 0 spiro atoms. The maximum absolute atomic E-state index is 5.35. The minimum absolute atomic E-state index is 0.324. The summed E-state index contributed by atoms with van der Waals surface area (Å²) in [7, 11) is 0. The number of aromatic nitrogens is 2. The number of nitrogens with zero attached hydrogens (tertiary/aromatic N) is 2. The van der Waals surface area contributed by atoms with Gasteiger partial charge in [0.15, 0.2) is 0 Å². The van der Waals surface area contributed by atoms with Crippen molar-refractivity contribution in [1.29, 1.82) is 0 Å². The summed E-state index contributed by atoms with van der Waals surface area (Å²) in [6.07, 6.45) is 1.82. The summed E-state index contributed by atoms with van der Waals surface area (Å²) in [5.41, 5.74) is 1.98. The van der Waals surface area contributed by atoms with Crippen molar-refractivity contribution in [2.45, 2.75) is 19.0 Å². The SMILES string of the molecule is CC1(c2cccc(Br)c2)NC(=S)Cn2nccc21. The van der Waals surface area contributed by atoms with Gasteiger partial charge in [0.05, 0.1) is 17.2 Å². The monoisotopic (exact) mass is 321 g/mol. The molecule has 1 N–H and O–H groups in total. The smallest absolute Gasteiger partial charge is 0.102 e. The van der Waals surface area contributed by atoms with Crippen molar-refractivity contribution in [2.75, 3.05) is 0 Å². The predicted octanol–water partition coefficient (Wildman–Crippen LogP) is 2.84. The molecule has 1 aromatic heterocycles. The average molecular weight is 322 g/mol. The van der Waals surface area contributed by atoms with E-state index in [4.69, 9.17) is 12.2 Å². The van der Waals surface area contributed by atoms with Crippen LogP contribution >= 0.6 is 28.1 Å². The van der Waals surface area contributed by atoms with Crippen molar-refractivity contribution in [3.63, 3.8) is 0 Å². The van der Waals surface area contributed by atoms with Gasteiger partial charge in [0, 0.05) is 10.7 Å². The summed E-state index contributed by atoms with van der Waals surface area (Å²) < 4.78 is 3.02. The third-order valence-electron chi connectivity index (χ3n) is 3.31. The molecule has 0 saturated heterocycles. The van der Waals surface area contributed by atoms with Gasteiger partial charge in [0.25, 0.3) is 0 Å². The molecule has 0 fully saturated rings. The normalized spacial score (nSPS) is 22.4. The fraction of sp³-hybridized carbons (Fsp3) is 0.231. The summed E-state index contributed by atoms with van der Waals surface area (Å²) in [6.45, 7) is 2.79. The Labute approximate surface area is 119 Å². The van der Waals surface area contributed by atoms with E-state index in [0.717, 1.165) is 15.2 Å². The van der Waals surface area contributed by atoms with Crippen LogP contribution in [0.15, 0.2) is 41.0 Å². The molecule has 0 aliphatic carbocycles. The molecule has 1 aliphatic rings. The zero-order valence-electron chi connectivity index (χ0n) is 9.85. The molecule has 1 aromatic carbocycles. The van der Waals surface area contributed by atoms with Gasteiger partial charge >= 0.3 is 0 Å². The van der Waals surface area contributed by atoms with Gasteiger partial charge in [-0.3, -0.25) is 4.68 Å². The lowest BCUT2D eigenvalue weighted by atomic mass is 9.87. The van der Waals surface area contributed by atoms with E-state index in [2.05, 4.69) is 45.4 Å². The number of rotatable bonds is 1. The molecule has 1 aliphatic heterocycles. The van der Waals surface area contributed by atoms with Crippen LogP contribution in [0.2, 0.25) is 0 Å². The summed E-state index contributed by atoms with van der Waals surface area (Å²) in [4.78, 5) is 0.814. The Morgan fingerprint density at radius 3 is 3.06 bits per heavy atom. The molecule has 0 saturated carbocycles. The average Bonchev–Trinajstić information content (AvgIpc) is 2.77. The van der Waals surface area contributed by atoms with E-state index in [1.165, 1.54) is 5.56 Å². The molecule has 2 aromatic rings. The van der Waals surface area contributed by atoms with Crippen LogP contribution in [0, 0.1) is 0 Å². The van der Waals surface area contributed by atoms with E-state index in [0.29, 0.717) is 6.54 Å². The molecule has 18 heavy (non-hydrogen) atoms. The van der Waals surface area contributed by atoms with Gasteiger partial charge < -0.3 is 5.32 Å². The van der Waals surface area contributed by atoms with Crippen molar-refractivity contribution in [3.8, 4) is 0 Å². The minimum Gasteiger partial charge on any atom is -0.363 e. The van der Waals surface area contributed by atoms with Gasteiger partial charge in [0.1, 0.15) is 5.54 Å². The number of hydrogen-bond acceptors (Lipinski definition) is 2. The molecule has 2 heterocycles. The topological polar surface area (TPSA) is 29.9 Å². The summed E-state index contributed by atoms with van der Waals surface area (Å²) in [5.74, 6) is 0. The highest BCUT2D eigenvalue weighted by atomic mass is 79.9. The number of thiocarbonyl (C=S) groups is 1. The predicted molar refractivity (Wildman–Crippen MR) is 78.6 cm³/mol. The first-order valence-corrected chi connectivity index (χ1v) is 6.89. The Bertz CT molecular complexity index is 622. The van der Waals surface area contributed by atoms with Crippen molar-refractivity contribution < 1.29 is 0 Å². The molecule has 0 radical (unpaired) electrons. The zero-order chi connectivity index (χ0) is 12.8. The first-order valence-electron chi connectivity index (χ1n) is 5.69. The van der Waals surface area contributed by atoms with Crippen LogP contribution in [0.25, 0.3) is 0 Å². The summed E-state index contributed by atoms with van der Waals surface area (Å²) in [5, 5.41) is 7.76. The largest absolute Gasteiger partial charge is 0.363 e. The van der Waals surface area contributed by atoms with Crippen LogP contribution < -0.4 is 5.32 Å². The summed E-state index contributed by atoms with van der Waals surface area (Å²) in [6, 6.07) is 10.3. The second-order valence-electron chi connectivity index (χ2n) is 4.56. The quantitative estimate of drug-likeness (QED) is 0.819. The Morgan fingerprint density at radius 1 is 1.44 bits per heavy atom. The van der Waals surface area contributed by atoms with Gasteiger partial charge in [-0.25, -0.2) is 0 Å². The Hall–Kier alpha value is -1.20. The lowest BCUT2D eigenvalue weighted by Gasteiger charge is -2.37. The van der Waals surface area contributed by atoms with Gasteiger partial charge in [-0.05, 0) is 30.7 Å². The Morgan fingerprint density at radius 2 is 2.28 bits per heavy atom. The van der Waals surface area contributed by atoms with Crippen molar-refractivity contribution in [3.05, 3.63) is 52.3 Å². The van der Waals surface area contributed by atoms with Crippen LogP contribution in [0.4, 0.5) is 0 Å². The molecule has 0 amide bonds. The standard InChI is InChI=1S/C13H12BrN3S/c1-13(9-3-2-4-10(14)7-9)11-5-6-15-17(11)8-12(18)16-13/h2-7H,8H2,1H3,(H,16,18). The van der Waals surface area contributed by atoms with Crippen molar-refractivity contribution in [2.24, 2.45) is 0 Å². The number of nitrogens with one attached hydrogen (secondary N) is 1. The Balaban J connectivity index is 2.18. The number of benzene rings is 1. The second-order valence-corrected chi connectivity index (χ2v) is 5.97. The van der Waals surface area contributed by atoms with Crippen LogP contribution in [-0.2, 0) is 12.1 Å². The van der Waals surface area contributed by atoms with E-state index in [1.807, 2.05) is 29.1 Å². The van der Waals surface area contributed by atoms with Crippen LogP contribution in [-0.4, -0.2) is 14.8 Å². The maximum Gasteiger partial charge on any atom is 0.102 e. The summed E-state index contributed by atoms with van der Waals surface area (Å²) >= 11 is 8.86. The molecule has 3 rings (SSSR count). The van der Waals surface area contributed by atoms with Crippen LogP contribution in [0.5, 0.6) is 0 Å². The maximum atomic E-state index is 5.35. The number of fused-ring (bicyclic) bond motifs is 1. The molecule has 3 nitrogen and oxygen atoms in total. The van der Waals surface area contributed by atoms with E-state index in [9.17, 15) is 0 Å². The highest BCUT2D eigenvalue weighted by Gasteiger charge is 2.36. The number of halogens is 1. The van der Waals surface area contributed by atoms with Crippen molar-refractivity contribution in [1.82, 2.24) is 15.1 Å². The van der Waals surface area contributed by atoms with Crippen molar-refractivity contribution >= 4 is 33.1 Å².